The Bertz CT molecular complexity index is 320. The molecule has 1 aliphatic heterocycles. The Morgan fingerprint density at radius 2 is 2.19 bits per heavy atom. The van der Waals surface area contributed by atoms with Crippen molar-refractivity contribution in [2.45, 2.75) is 18.9 Å². The molecule has 0 aromatic carbocycles. The second-order valence-electron chi connectivity index (χ2n) is 4.11. The maximum atomic E-state index is 6.22. The Morgan fingerprint density at radius 1 is 1.44 bits per heavy atom. The van der Waals surface area contributed by atoms with Crippen molar-refractivity contribution >= 4 is 0 Å². The first-order valence-electron chi connectivity index (χ1n) is 5.64. The predicted molar refractivity (Wildman–Crippen MR) is 61.3 cm³/mol. The number of aromatic nitrogens is 1. The van der Waals surface area contributed by atoms with Crippen LogP contribution in [0.4, 0.5) is 0 Å². The zero-order chi connectivity index (χ0) is 11.4. The minimum atomic E-state index is 0.0577. The zero-order valence-electron chi connectivity index (χ0n) is 9.56. The topological polar surface area (TPSA) is 57.4 Å². The van der Waals surface area contributed by atoms with E-state index in [9.17, 15) is 0 Å². The SMILES string of the molecule is COc1ccc([C@@H](N)C2CCOCC2)cn1. The average molecular weight is 222 g/mol. The van der Waals surface area contributed by atoms with Gasteiger partial charge in [-0.15, -0.1) is 0 Å². The van der Waals surface area contributed by atoms with Crippen molar-refractivity contribution in [3.8, 4) is 5.88 Å². The predicted octanol–water partition coefficient (Wildman–Crippen LogP) is 1.52. The van der Waals surface area contributed by atoms with E-state index in [-0.39, 0.29) is 6.04 Å². The number of hydrogen-bond donors (Lipinski definition) is 1. The fourth-order valence-corrected chi connectivity index (χ4v) is 2.06. The second-order valence-corrected chi connectivity index (χ2v) is 4.11. The second kappa shape index (κ2) is 5.27. The lowest BCUT2D eigenvalue weighted by Crippen LogP contribution is -2.27. The lowest BCUT2D eigenvalue weighted by atomic mass is 9.88. The first-order valence-corrected chi connectivity index (χ1v) is 5.64. The van der Waals surface area contributed by atoms with Gasteiger partial charge in [0, 0.05) is 31.5 Å². The quantitative estimate of drug-likeness (QED) is 0.842. The van der Waals surface area contributed by atoms with E-state index in [1.165, 1.54) is 0 Å². The molecule has 1 aromatic rings. The first-order chi connectivity index (χ1) is 7.81. The van der Waals surface area contributed by atoms with Gasteiger partial charge in [0.1, 0.15) is 0 Å². The first kappa shape index (κ1) is 11.4. The van der Waals surface area contributed by atoms with Crippen molar-refractivity contribution in [1.82, 2.24) is 4.98 Å². The smallest absolute Gasteiger partial charge is 0.212 e. The molecular formula is C12H18N2O2. The molecule has 4 heteroatoms. The summed E-state index contributed by atoms with van der Waals surface area (Å²) in [5, 5.41) is 0. The van der Waals surface area contributed by atoms with Crippen molar-refractivity contribution in [2.75, 3.05) is 20.3 Å². The van der Waals surface area contributed by atoms with Crippen molar-refractivity contribution in [3.63, 3.8) is 0 Å². The van der Waals surface area contributed by atoms with E-state index in [2.05, 4.69) is 4.98 Å². The number of pyridine rings is 1. The third kappa shape index (κ3) is 2.51. The van der Waals surface area contributed by atoms with Gasteiger partial charge in [-0.2, -0.15) is 0 Å². The summed E-state index contributed by atoms with van der Waals surface area (Å²) in [4.78, 5) is 4.18. The largest absolute Gasteiger partial charge is 0.481 e. The highest BCUT2D eigenvalue weighted by atomic mass is 16.5. The van der Waals surface area contributed by atoms with Gasteiger partial charge < -0.3 is 15.2 Å². The summed E-state index contributed by atoms with van der Waals surface area (Å²) in [5.41, 5.74) is 7.30. The fourth-order valence-electron chi connectivity index (χ4n) is 2.06. The third-order valence-corrected chi connectivity index (χ3v) is 3.13. The highest BCUT2D eigenvalue weighted by molar-refractivity contribution is 5.21. The fraction of sp³-hybridized carbons (Fsp3) is 0.583. The molecule has 1 saturated heterocycles. The van der Waals surface area contributed by atoms with Crippen molar-refractivity contribution in [3.05, 3.63) is 23.9 Å². The van der Waals surface area contributed by atoms with Crippen LogP contribution in [0.2, 0.25) is 0 Å². The van der Waals surface area contributed by atoms with Gasteiger partial charge in [-0.1, -0.05) is 6.07 Å². The minimum absolute atomic E-state index is 0.0577. The molecule has 16 heavy (non-hydrogen) atoms. The number of nitrogens with zero attached hydrogens (tertiary/aromatic N) is 1. The van der Waals surface area contributed by atoms with E-state index >= 15 is 0 Å². The minimum Gasteiger partial charge on any atom is -0.481 e. The molecule has 0 radical (unpaired) electrons. The molecule has 0 spiro atoms. The molecular weight excluding hydrogens is 204 g/mol. The van der Waals surface area contributed by atoms with Crippen LogP contribution in [0.15, 0.2) is 18.3 Å². The van der Waals surface area contributed by atoms with Gasteiger partial charge in [-0.3, -0.25) is 0 Å². The van der Waals surface area contributed by atoms with Gasteiger partial charge in [0.25, 0.3) is 0 Å². The van der Waals surface area contributed by atoms with Crippen molar-refractivity contribution < 1.29 is 9.47 Å². The number of nitrogens with two attached hydrogens (primary N) is 1. The standard InChI is InChI=1S/C12H18N2O2/c1-15-11-3-2-10(8-14-11)12(13)9-4-6-16-7-5-9/h2-3,8-9,12H,4-7,13H2,1H3/t12-/m0/s1. The maximum absolute atomic E-state index is 6.22. The summed E-state index contributed by atoms with van der Waals surface area (Å²) >= 11 is 0. The van der Waals surface area contributed by atoms with Crippen LogP contribution in [-0.2, 0) is 4.74 Å². The van der Waals surface area contributed by atoms with Gasteiger partial charge >= 0.3 is 0 Å². The van der Waals surface area contributed by atoms with Crippen LogP contribution < -0.4 is 10.5 Å². The summed E-state index contributed by atoms with van der Waals surface area (Å²) in [6.07, 6.45) is 3.87. The van der Waals surface area contributed by atoms with Crippen LogP contribution in [0.1, 0.15) is 24.4 Å². The molecule has 0 bridgehead atoms. The molecule has 1 aliphatic rings. The van der Waals surface area contributed by atoms with Crippen LogP contribution in [0, 0.1) is 5.92 Å². The van der Waals surface area contributed by atoms with Crippen molar-refractivity contribution in [1.29, 1.82) is 0 Å². The molecule has 2 rings (SSSR count). The summed E-state index contributed by atoms with van der Waals surface area (Å²) < 4.78 is 10.4. The Hall–Kier alpha value is -1.13. The molecule has 2 heterocycles. The van der Waals surface area contributed by atoms with E-state index in [4.69, 9.17) is 15.2 Å². The highest BCUT2D eigenvalue weighted by Gasteiger charge is 2.22. The Kier molecular flexibility index (Phi) is 3.74. The molecule has 1 atom stereocenters. The number of hydrogen-bond acceptors (Lipinski definition) is 4. The van der Waals surface area contributed by atoms with Crippen molar-refractivity contribution in [2.24, 2.45) is 11.7 Å². The van der Waals surface area contributed by atoms with E-state index < -0.39 is 0 Å². The van der Waals surface area contributed by atoms with Gasteiger partial charge in [0.2, 0.25) is 5.88 Å². The Balaban J connectivity index is 2.04. The van der Waals surface area contributed by atoms with Crippen LogP contribution >= 0.6 is 0 Å². The molecule has 1 fully saturated rings. The number of ether oxygens (including phenoxy) is 2. The van der Waals surface area contributed by atoms with Crippen LogP contribution in [0.3, 0.4) is 0 Å². The number of methoxy groups -OCH3 is 1. The molecule has 4 nitrogen and oxygen atoms in total. The molecule has 0 aliphatic carbocycles. The van der Waals surface area contributed by atoms with Crippen LogP contribution in [-0.4, -0.2) is 25.3 Å². The Labute approximate surface area is 95.8 Å². The van der Waals surface area contributed by atoms with Gasteiger partial charge in [0.15, 0.2) is 0 Å². The van der Waals surface area contributed by atoms with Gasteiger partial charge in [-0.25, -0.2) is 4.98 Å². The third-order valence-electron chi connectivity index (χ3n) is 3.13. The molecule has 0 unspecified atom stereocenters. The van der Waals surface area contributed by atoms with E-state index in [1.807, 2.05) is 12.1 Å². The van der Waals surface area contributed by atoms with Crippen LogP contribution in [0.25, 0.3) is 0 Å². The number of rotatable bonds is 3. The van der Waals surface area contributed by atoms with E-state index in [1.54, 1.807) is 13.3 Å². The normalized spacial score (nSPS) is 19.4. The average Bonchev–Trinajstić information content (AvgIpc) is 2.39. The summed E-state index contributed by atoms with van der Waals surface area (Å²) in [6.45, 7) is 1.64. The molecule has 0 amide bonds. The zero-order valence-corrected chi connectivity index (χ0v) is 9.56. The van der Waals surface area contributed by atoms with Crippen LogP contribution in [0.5, 0.6) is 5.88 Å². The molecule has 0 saturated carbocycles. The summed E-state index contributed by atoms with van der Waals surface area (Å²) in [6, 6.07) is 3.91. The highest BCUT2D eigenvalue weighted by Crippen LogP contribution is 2.28. The van der Waals surface area contributed by atoms with Gasteiger partial charge in [-0.05, 0) is 24.3 Å². The lowest BCUT2D eigenvalue weighted by Gasteiger charge is -2.27. The molecule has 1 aromatic heterocycles. The maximum Gasteiger partial charge on any atom is 0.212 e. The van der Waals surface area contributed by atoms with E-state index in [0.29, 0.717) is 11.8 Å². The summed E-state index contributed by atoms with van der Waals surface area (Å²) in [7, 11) is 1.61. The van der Waals surface area contributed by atoms with Gasteiger partial charge in [0.05, 0.1) is 7.11 Å². The van der Waals surface area contributed by atoms with E-state index in [0.717, 1.165) is 31.6 Å². The Morgan fingerprint density at radius 3 is 2.75 bits per heavy atom. The monoisotopic (exact) mass is 222 g/mol. The molecule has 2 N–H and O–H groups in total. The lowest BCUT2D eigenvalue weighted by molar-refractivity contribution is 0.0583. The molecule has 88 valence electrons. The summed E-state index contributed by atoms with van der Waals surface area (Å²) in [5.74, 6) is 1.13.